The van der Waals surface area contributed by atoms with Crippen molar-refractivity contribution < 1.29 is 9.47 Å². The Morgan fingerprint density at radius 2 is 2.12 bits per heavy atom. The Hall–Kier alpha value is -0.930. The largest absolute Gasteiger partial charge is 0.454 e. The lowest BCUT2D eigenvalue weighted by atomic mass is 9.79. The lowest BCUT2D eigenvalue weighted by molar-refractivity contribution is 0.173. The Bertz CT molecular complexity index is 449. The molecule has 1 aliphatic carbocycles. The molecule has 2 aliphatic heterocycles. The summed E-state index contributed by atoms with van der Waals surface area (Å²) in [7, 11) is 0. The van der Waals surface area contributed by atoms with Crippen molar-refractivity contribution in [3.05, 3.63) is 23.3 Å². The van der Waals surface area contributed by atoms with Crippen LogP contribution in [0.5, 0.6) is 11.5 Å². The van der Waals surface area contributed by atoms with Gasteiger partial charge in [0.05, 0.1) is 0 Å². The number of hydrogen-bond acceptors (Lipinski definition) is 3. The first-order chi connectivity index (χ1) is 7.93. The summed E-state index contributed by atoms with van der Waals surface area (Å²) >= 11 is 0. The highest BCUT2D eigenvalue weighted by Crippen LogP contribution is 2.46. The van der Waals surface area contributed by atoms with Gasteiger partial charge in [0.1, 0.15) is 0 Å². The Balaban J connectivity index is 0.000000902. The van der Waals surface area contributed by atoms with Crippen LogP contribution in [-0.2, 0) is 6.42 Å². The van der Waals surface area contributed by atoms with E-state index in [4.69, 9.17) is 9.47 Å². The van der Waals surface area contributed by atoms with Crippen LogP contribution in [0.15, 0.2) is 12.1 Å². The third-order valence-corrected chi connectivity index (χ3v) is 4.13. The maximum absolute atomic E-state index is 5.60. The Kier molecular flexibility index (Phi) is 2.68. The Labute approximate surface area is 107 Å². The van der Waals surface area contributed by atoms with Crippen LogP contribution in [0.3, 0.4) is 0 Å². The van der Waals surface area contributed by atoms with E-state index >= 15 is 0 Å². The molecule has 4 rings (SSSR count). The molecule has 4 heteroatoms. The van der Waals surface area contributed by atoms with Gasteiger partial charge in [-0.05, 0) is 37.4 Å². The van der Waals surface area contributed by atoms with E-state index in [0.29, 0.717) is 18.8 Å². The number of halogens is 1. The molecule has 0 radical (unpaired) electrons. The van der Waals surface area contributed by atoms with E-state index in [0.717, 1.165) is 24.5 Å². The molecule has 0 aromatic heterocycles. The molecule has 0 saturated carbocycles. The molecule has 1 fully saturated rings. The second-order valence-corrected chi connectivity index (χ2v) is 4.86. The average molecular weight is 254 g/mol. The molecule has 3 aliphatic rings. The number of nitrogens with one attached hydrogen (secondary N) is 1. The van der Waals surface area contributed by atoms with Crippen molar-refractivity contribution in [3.8, 4) is 11.5 Å². The first kappa shape index (κ1) is 11.2. The Morgan fingerprint density at radius 1 is 1.18 bits per heavy atom. The van der Waals surface area contributed by atoms with Crippen molar-refractivity contribution >= 4 is 12.4 Å². The molecule has 0 unspecified atom stereocenters. The van der Waals surface area contributed by atoms with E-state index in [1.54, 1.807) is 0 Å². The predicted octanol–water partition coefficient (Wildman–Crippen LogP) is 2.23. The van der Waals surface area contributed by atoms with Gasteiger partial charge < -0.3 is 14.8 Å². The maximum atomic E-state index is 5.60. The minimum atomic E-state index is 0. The highest BCUT2D eigenvalue weighted by molar-refractivity contribution is 5.85. The fourth-order valence-electron chi connectivity index (χ4n) is 3.39. The fraction of sp³-hybridized carbons (Fsp3) is 0.538. The van der Waals surface area contributed by atoms with Crippen LogP contribution in [0.2, 0.25) is 0 Å². The van der Waals surface area contributed by atoms with Gasteiger partial charge >= 0.3 is 0 Å². The number of hydrogen-bond donors (Lipinski definition) is 1. The first-order valence-corrected chi connectivity index (χ1v) is 6.08. The van der Waals surface area contributed by atoms with Gasteiger partial charge in [0.2, 0.25) is 6.79 Å². The smallest absolute Gasteiger partial charge is 0.231 e. The van der Waals surface area contributed by atoms with Crippen LogP contribution in [0.4, 0.5) is 0 Å². The molecule has 3 nitrogen and oxygen atoms in total. The summed E-state index contributed by atoms with van der Waals surface area (Å²) in [5, 5.41) is 3.60. The van der Waals surface area contributed by atoms with Crippen LogP contribution in [0, 0.1) is 0 Å². The number of ether oxygens (including phenoxy) is 2. The topological polar surface area (TPSA) is 30.5 Å². The molecular weight excluding hydrogens is 238 g/mol. The summed E-state index contributed by atoms with van der Waals surface area (Å²) in [6, 6.07) is 5.00. The minimum Gasteiger partial charge on any atom is -0.454 e. The van der Waals surface area contributed by atoms with Crippen LogP contribution in [0.1, 0.15) is 29.9 Å². The van der Waals surface area contributed by atoms with Crippen molar-refractivity contribution in [2.24, 2.45) is 0 Å². The zero-order chi connectivity index (χ0) is 10.5. The molecule has 0 bridgehead atoms. The minimum absolute atomic E-state index is 0. The molecule has 17 heavy (non-hydrogen) atoms. The highest BCUT2D eigenvalue weighted by Gasteiger charge is 2.35. The van der Waals surface area contributed by atoms with Crippen LogP contribution in [-0.4, -0.2) is 19.4 Å². The molecule has 2 atom stereocenters. The van der Waals surface area contributed by atoms with Crippen LogP contribution >= 0.6 is 12.4 Å². The van der Waals surface area contributed by atoms with Gasteiger partial charge in [0.25, 0.3) is 0 Å². The van der Waals surface area contributed by atoms with Crippen LogP contribution in [0.25, 0.3) is 0 Å². The number of fused-ring (bicyclic) bond motifs is 5. The summed E-state index contributed by atoms with van der Waals surface area (Å²) in [5.74, 6) is 2.64. The van der Waals surface area contributed by atoms with Crippen molar-refractivity contribution in [1.29, 1.82) is 0 Å². The van der Waals surface area contributed by atoms with E-state index in [-0.39, 0.29) is 12.4 Å². The lowest BCUT2D eigenvalue weighted by Gasteiger charge is -2.28. The first-order valence-electron chi connectivity index (χ1n) is 6.08. The van der Waals surface area contributed by atoms with Crippen molar-refractivity contribution in [2.75, 3.05) is 13.3 Å². The molecular formula is C13H16ClNO2. The third kappa shape index (κ3) is 1.53. The van der Waals surface area contributed by atoms with Gasteiger partial charge in [0, 0.05) is 17.5 Å². The van der Waals surface area contributed by atoms with Gasteiger partial charge in [-0.15, -0.1) is 12.4 Å². The van der Waals surface area contributed by atoms with Gasteiger partial charge in [0.15, 0.2) is 11.5 Å². The van der Waals surface area contributed by atoms with E-state index < -0.39 is 0 Å². The molecule has 1 aromatic carbocycles. The highest BCUT2D eigenvalue weighted by atomic mass is 35.5. The summed E-state index contributed by atoms with van der Waals surface area (Å²) in [6.45, 7) is 1.54. The van der Waals surface area contributed by atoms with Gasteiger partial charge in [-0.3, -0.25) is 0 Å². The van der Waals surface area contributed by atoms with Crippen LogP contribution < -0.4 is 14.8 Å². The number of rotatable bonds is 0. The van der Waals surface area contributed by atoms with E-state index in [1.165, 1.54) is 24.0 Å². The molecule has 1 N–H and O–H groups in total. The van der Waals surface area contributed by atoms with E-state index in [1.807, 2.05) is 0 Å². The summed E-state index contributed by atoms with van der Waals surface area (Å²) < 4.78 is 11.0. The summed E-state index contributed by atoms with van der Waals surface area (Å²) in [6.07, 6.45) is 3.62. The van der Waals surface area contributed by atoms with Gasteiger partial charge in [-0.1, -0.05) is 6.07 Å². The van der Waals surface area contributed by atoms with E-state index in [2.05, 4.69) is 17.4 Å². The standard InChI is InChI=1S/C13H15NO2.ClH/c1-3-11-9(5-6-14-11)8-2-4-12-13(10(1)8)16-7-15-12;/h2,4,9,11,14H,1,3,5-7H2;1H/t9-,11-;/m1./s1. The zero-order valence-electron chi connectivity index (χ0n) is 9.57. The number of benzene rings is 1. The molecule has 1 saturated heterocycles. The monoisotopic (exact) mass is 253 g/mol. The lowest BCUT2D eigenvalue weighted by Crippen LogP contribution is -2.30. The van der Waals surface area contributed by atoms with Crippen molar-refractivity contribution in [1.82, 2.24) is 5.32 Å². The molecule has 92 valence electrons. The molecule has 0 amide bonds. The maximum Gasteiger partial charge on any atom is 0.231 e. The van der Waals surface area contributed by atoms with E-state index in [9.17, 15) is 0 Å². The molecule has 1 aromatic rings. The summed E-state index contributed by atoms with van der Waals surface area (Å²) in [5.41, 5.74) is 2.89. The van der Waals surface area contributed by atoms with Crippen molar-refractivity contribution in [2.45, 2.75) is 31.2 Å². The third-order valence-electron chi connectivity index (χ3n) is 4.13. The molecule has 2 heterocycles. The second kappa shape index (κ2) is 4.07. The summed E-state index contributed by atoms with van der Waals surface area (Å²) in [4.78, 5) is 0. The zero-order valence-corrected chi connectivity index (χ0v) is 10.4. The fourth-order valence-corrected chi connectivity index (χ4v) is 3.39. The quantitative estimate of drug-likeness (QED) is 0.769. The van der Waals surface area contributed by atoms with Crippen molar-refractivity contribution in [3.63, 3.8) is 0 Å². The SMILES string of the molecule is Cl.c1cc2c(c3c1OCO3)CC[C@H]1NCC[C@H]21. The predicted molar refractivity (Wildman–Crippen MR) is 67.3 cm³/mol. The van der Waals surface area contributed by atoms with Gasteiger partial charge in [-0.25, -0.2) is 0 Å². The van der Waals surface area contributed by atoms with Gasteiger partial charge in [-0.2, -0.15) is 0 Å². The molecule has 0 spiro atoms. The average Bonchev–Trinajstić information content (AvgIpc) is 2.96. The Morgan fingerprint density at radius 3 is 3.06 bits per heavy atom. The second-order valence-electron chi connectivity index (χ2n) is 4.86. The normalized spacial score (nSPS) is 28.2.